The summed E-state index contributed by atoms with van der Waals surface area (Å²) in [5.41, 5.74) is 7.73. The topological polar surface area (TPSA) is 56.7 Å². The van der Waals surface area contributed by atoms with E-state index in [1.54, 1.807) is 0 Å². The van der Waals surface area contributed by atoms with Crippen molar-refractivity contribution >= 4 is 65.3 Å². The molecule has 0 unspecified atom stereocenters. The number of fused-ring (bicyclic) bond motifs is 10. The normalized spacial score (nSPS) is 11.8. The highest BCUT2D eigenvalue weighted by Gasteiger charge is 2.21. The van der Waals surface area contributed by atoms with E-state index in [9.17, 15) is 0 Å². The van der Waals surface area contributed by atoms with Crippen molar-refractivity contribution in [1.82, 2.24) is 19.5 Å². The van der Waals surface area contributed by atoms with Crippen LogP contribution in [0.3, 0.4) is 0 Å². The van der Waals surface area contributed by atoms with Gasteiger partial charge >= 0.3 is 0 Å². The zero-order valence-electron chi connectivity index (χ0n) is 27.9. The van der Waals surface area contributed by atoms with Gasteiger partial charge in [0.15, 0.2) is 17.5 Å². The van der Waals surface area contributed by atoms with Gasteiger partial charge < -0.3 is 8.98 Å². The second-order valence-electron chi connectivity index (χ2n) is 13.2. The molecule has 0 saturated heterocycles. The number of rotatable bonds is 4. The zero-order valence-corrected chi connectivity index (χ0v) is 27.9. The number of furan rings is 1. The summed E-state index contributed by atoms with van der Waals surface area (Å²) < 4.78 is 8.92. The van der Waals surface area contributed by atoms with Crippen molar-refractivity contribution in [3.8, 4) is 39.9 Å². The Kier molecular flexibility index (Phi) is 6.18. The van der Waals surface area contributed by atoms with Crippen molar-refractivity contribution in [2.75, 3.05) is 0 Å². The third-order valence-electron chi connectivity index (χ3n) is 10.2. The summed E-state index contributed by atoms with van der Waals surface area (Å²) in [5, 5.41) is 9.44. The average molecular weight is 665 g/mol. The molecule has 11 aromatic rings. The summed E-state index contributed by atoms with van der Waals surface area (Å²) in [5.74, 6) is 1.85. The van der Waals surface area contributed by atoms with Crippen LogP contribution >= 0.6 is 0 Å². The van der Waals surface area contributed by atoms with E-state index in [-0.39, 0.29) is 0 Å². The largest absolute Gasteiger partial charge is 0.456 e. The van der Waals surface area contributed by atoms with Gasteiger partial charge in [-0.2, -0.15) is 0 Å². The maximum Gasteiger partial charge on any atom is 0.164 e. The van der Waals surface area contributed by atoms with Gasteiger partial charge in [0.2, 0.25) is 0 Å². The smallest absolute Gasteiger partial charge is 0.164 e. The SMILES string of the molecule is c1ccc(-c2nc(-c3ccccc3)nc(-c3cccc4oc5ccc(-n6c7ccc8ccccc8c7c7c8ccccc8ccc76)cc5c34)n2)cc1. The zero-order chi connectivity index (χ0) is 34.2. The molecule has 0 aliphatic heterocycles. The number of aromatic nitrogens is 4. The fraction of sp³-hybridized carbons (Fsp3) is 0. The summed E-state index contributed by atoms with van der Waals surface area (Å²) in [4.78, 5) is 15.1. The van der Waals surface area contributed by atoms with E-state index in [0.29, 0.717) is 17.5 Å². The highest BCUT2D eigenvalue weighted by atomic mass is 16.3. The first-order chi connectivity index (χ1) is 25.8. The fourth-order valence-corrected chi connectivity index (χ4v) is 7.90. The van der Waals surface area contributed by atoms with Crippen LogP contribution in [0.4, 0.5) is 0 Å². The van der Waals surface area contributed by atoms with Crippen molar-refractivity contribution < 1.29 is 4.42 Å². The summed E-state index contributed by atoms with van der Waals surface area (Å²) in [6.07, 6.45) is 0. The summed E-state index contributed by atoms with van der Waals surface area (Å²) >= 11 is 0. The Bertz CT molecular complexity index is 3030. The van der Waals surface area contributed by atoms with Crippen LogP contribution in [-0.4, -0.2) is 19.5 Å². The second kappa shape index (κ2) is 11.2. The first-order valence-electron chi connectivity index (χ1n) is 17.5. The van der Waals surface area contributed by atoms with Crippen molar-refractivity contribution in [3.63, 3.8) is 0 Å². The van der Waals surface area contributed by atoms with Gasteiger partial charge in [0.1, 0.15) is 11.2 Å². The van der Waals surface area contributed by atoms with E-state index in [1.165, 1.54) is 32.3 Å². The molecule has 52 heavy (non-hydrogen) atoms. The minimum atomic E-state index is 0.598. The van der Waals surface area contributed by atoms with E-state index in [4.69, 9.17) is 19.4 Å². The van der Waals surface area contributed by atoms with Crippen LogP contribution in [0.2, 0.25) is 0 Å². The van der Waals surface area contributed by atoms with E-state index in [2.05, 4.69) is 102 Å². The first-order valence-corrected chi connectivity index (χ1v) is 17.5. The molecule has 0 fully saturated rings. The molecule has 0 amide bonds. The number of hydrogen-bond donors (Lipinski definition) is 0. The Morgan fingerprint density at radius 1 is 0.385 bits per heavy atom. The molecule has 0 radical (unpaired) electrons. The molecule has 3 aromatic heterocycles. The van der Waals surface area contributed by atoms with Gasteiger partial charge in [-0.3, -0.25) is 0 Å². The van der Waals surface area contributed by atoms with Crippen LogP contribution in [0.5, 0.6) is 0 Å². The first kappa shape index (κ1) is 28.7. The number of nitrogens with zero attached hydrogens (tertiary/aromatic N) is 4. The van der Waals surface area contributed by atoms with Gasteiger partial charge in [0.05, 0.1) is 11.0 Å². The van der Waals surface area contributed by atoms with Gasteiger partial charge in [0.25, 0.3) is 0 Å². The van der Waals surface area contributed by atoms with E-state index < -0.39 is 0 Å². The molecular formula is C47H28N4O. The highest BCUT2D eigenvalue weighted by Crippen LogP contribution is 2.42. The minimum Gasteiger partial charge on any atom is -0.456 e. The summed E-state index contributed by atoms with van der Waals surface area (Å²) in [6, 6.07) is 59.1. The molecule has 0 atom stereocenters. The molecule has 5 heteroatoms. The summed E-state index contributed by atoms with van der Waals surface area (Å²) in [6.45, 7) is 0. The molecule has 0 saturated carbocycles. The third-order valence-corrected chi connectivity index (χ3v) is 10.2. The van der Waals surface area contributed by atoms with Crippen LogP contribution in [0.15, 0.2) is 174 Å². The van der Waals surface area contributed by atoms with Gasteiger partial charge in [0, 0.05) is 43.9 Å². The molecule has 5 nitrogen and oxygen atoms in total. The van der Waals surface area contributed by atoms with Crippen molar-refractivity contribution in [2.24, 2.45) is 0 Å². The Labute approximate surface area is 298 Å². The molecular weight excluding hydrogens is 637 g/mol. The van der Waals surface area contributed by atoms with Gasteiger partial charge in [-0.15, -0.1) is 0 Å². The van der Waals surface area contributed by atoms with Crippen molar-refractivity contribution in [1.29, 1.82) is 0 Å². The minimum absolute atomic E-state index is 0.598. The predicted molar refractivity (Wildman–Crippen MR) is 213 cm³/mol. The maximum atomic E-state index is 6.53. The Morgan fingerprint density at radius 2 is 0.942 bits per heavy atom. The fourth-order valence-electron chi connectivity index (χ4n) is 7.90. The quantitative estimate of drug-likeness (QED) is 0.188. The van der Waals surface area contributed by atoms with Crippen LogP contribution in [0.1, 0.15) is 0 Å². The molecule has 0 spiro atoms. The molecule has 242 valence electrons. The average Bonchev–Trinajstić information content (AvgIpc) is 3.77. The van der Waals surface area contributed by atoms with Crippen LogP contribution in [0, 0.1) is 0 Å². The summed E-state index contributed by atoms with van der Waals surface area (Å²) in [7, 11) is 0. The van der Waals surface area contributed by atoms with Gasteiger partial charge in [-0.25, -0.2) is 15.0 Å². The van der Waals surface area contributed by atoms with E-state index >= 15 is 0 Å². The lowest BCUT2D eigenvalue weighted by Crippen LogP contribution is -2.00. The standard InChI is InChI=1S/C47H28N4O/c1-3-14-31(15-4-1)45-48-46(32-16-5-2-6-17-32)50-47(49-45)36-20-11-21-41-42(36)37-28-33(24-27-40(37)52-41)51-38-25-22-29-12-7-9-18-34(29)43(38)44-35-19-10-8-13-30(35)23-26-39(44)51/h1-28H. The predicted octanol–water partition coefficient (Wildman–Crippen LogP) is 12.2. The highest BCUT2D eigenvalue weighted by molar-refractivity contribution is 6.28. The maximum absolute atomic E-state index is 6.53. The van der Waals surface area contributed by atoms with E-state index in [0.717, 1.165) is 55.3 Å². The lowest BCUT2D eigenvalue weighted by atomic mass is 10.00. The van der Waals surface area contributed by atoms with E-state index in [1.807, 2.05) is 72.8 Å². The molecule has 0 aliphatic rings. The number of benzene rings is 8. The lowest BCUT2D eigenvalue weighted by Gasteiger charge is -2.10. The molecule has 8 aromatic carbocycles. The monoisotopic (exact) mass is 664 g/mol. The lowest BCUT2D eigenvalue weighted by molar-refractivity contribution is 0.669. The molecule has 0 aliphatic carbocycles. The third kappa shape index (κ3) is 4.33. The number of hydrogen-bond acceptors (Lipinski definition) is 4. The van der Waals surface area contributed by atoms with Crippen molar-refractivity contribution in [3.05, 3.63) is 170 Å². The van der Waals surface area contributed by atoms with Crippen LogP contribution in [-0.2, 0) is 0 Å². The van der Waals surface area contributed by atoms with Crippen LogP contribution in [0.25, 0.3) is 105 Å². The Hall–Kier alpha value is -7.11. The Balaban J connectivity index is 1.19. The molecule has 0 N–H and O–H groups in total. The molecule has 11 rings (SSSR count). The Morgan fingerprint density at radius 3 is 1.56 bits per heavy atom. The van der Waals surface area contributed by atoms with Crippen LogP contribution < -0.4 is 0 Å². The molecule has 3 heterocycles. The molecule has 0 bridgehead atoms. The van der Waals surface area contributed by atoms with Crippen molar-refractivity contribution in [2.45, 2.75) is 0 Å². The van der Waals surface area contributed by atoms with Gasteiger partial charge in [-0.05, 0) is 57.9 Å². The second-order valence-corrected chi connectivity index (χ2v) is 13.2. The van der Waals surface area contributed by atoms with Gasteiger partial charge in [-0.1, -0.05) is 133 Å².